The van der Waals surface area contributed by atoms with Gasteiger partial charge in [-0.25, -0.2) is 14.2 Å². The number of anilines is 5. The highest BCUT2D eigenvalue weighted by atomic mass is 19.1. The van der Waals surface area contributed by atoms with Crippen LogP contribution < -0.4 is 20.9 Å². The molecule has 0 spiro atoms. The van der Waals surface area contributed by atoms with Crippen LogP contribution in [-0.4, -0.2) is 29.1 Å². The molecule has 1 aromatic heterocycles. The molecular formula is C22H25FN6O. The first-order valence-corrected chi connectivity index (χ1v) is 9.78. The van der Waals surface area contributed by atoms with Crippen molar-refractivity contribution in [1.82, 2.24) is 9.97 Å². The van der Waals surface area contributed by atoms with Gasteiger partial charge in [0.15, 0.2) is 0 Å². The molecule has 3 rings (SSSR count). The van der Waals surface area contributed by atoms with Crippen molar-refractivity contribution < 1.29 is 9.18 Å². The summed E-state index contributed by atoms with van der Waals surface area (Å²) < 4.78 is 13.2. The maximum atomic E-state index is 13.2. The van der Waals surface area contributed by atoms with Crippen LogP contribution >= 0.6 is 0 Å². The van der Waals surface area contributed by atoms with Gasteiger partial charge in [0, 0.05) is 41.9 Å². The standard InChI is InChI=1S/C22H25FN6O/c1-4-29(5-2)20-13-15(3)24-21(28-20)25-17-9-11-18(12-10-17)26-22(30)27-19-8-6-7-16(23)14-19/h6-14H,4-5H2,1-3H3,(H,24,25,28)(H2,26,27,30). The molecule has 156 valence electrons. The number of rotatable bonds is 7. The molecule has 0 aliphatic carbocycles. The summed E-state index contributed by atoms with van der Waals surface area (Å²) in [6, 6.07) is 14.4. The van der Waals surface area contributed by atoms with Gasteiger partial charge in [0.1, 0.15) is 11.6 Å². The van der Waals surface area contributed by atoms with E-state index in [2.05, 4.69) is 44.7 Å². The molecule has 2 amide bonds. The van der Waals surface area contributed by atoms with E-state index in [1.807, 2.05) is 25.1 Å². The summed E-state index contributed by atoms with van der Waals surface area (Å²) in [4.78, 5) is 23.3. The zero-order chi connectivity index (χ0) is 21.5. The number of aromatic nitrogens is 2. The third-order valence-electron chi connectivity index (χ3n) is 4.41. The normalized spacial score (nSPS) is 10.4. The van der Waals surface area contributed by atoms with Crippen LogP contribution in [0, 0.1) is 12.7 Å². The van der Waals surface area contributed by atoms with Crippen molar-refractivity contribution >= 4 is 34.9 Å². The highest BCUT2D eigenvalue weighted by Gasteiger charge is 2.08. The molecule has 0 aliphatic rings. The van der Waals surface area contributed by atoms with Gasteiger partial charge >= 0.3 is 6.03 Å². The number of hydrogen-bond acceptors (Lipinski definition) is 5. The summed E-state index contributed by atoms with van der Waals surface area (Å²) in [5, 5.41) is 8.50. The van der Waals surface area contributed by atoms with E-state index in [1.54, 1.807) is 18.2 Å². The van der Waals surface area contributed by atoms with E-state index >= 15 is 0 Å². The van der Waals surface area contributed by atoms with Gasteiger partial charge in [-0.2, -0.15) is 4.98 Å². The van der Waals surface area contributed by atoms with Crippen molar-refractivity contribution in [2.45, 2.75) is 20.8 Å². The topological polar surface area (TPSA) is 82.2 Å². The lowest BCUT2D eigenvalue weighted by Crippen LogP contribution is -2.23. The van der Waals surface area contributed by atoms with Crippen LogP contribution in [0.2, 0.25) is 0 Å². The van der Waals surface area contributed by atoms with Crippen molar-refractivity contribution in [2.24, 2.45) is 0 Å². The minimum atomic E-state index is -0.452. The van der Waals surface area contributed by atoms with E-state index in [1.165, 1.54) is 18.2 Å². The molecule has 3 aromatic rings. The number of nitrogens with zero attached hydrogens (tertiary/aromatic N) is 3. The Kier molecular flexibility index (Phi) is 6.79. The molecule has 0 radical (unpaired) electrons. The number of nitrogens with one attached hydrogen (secondary N) is 3. The van der Waals surface area contributed by atoms with E-state index in [-0.39, 0.29) is 0 Å². The smallest absolute Gasteiger partial charge is 0.323 e. The third kappa shape index (κ3) is 5.66. The van der Waals surface area contributed by atoms with Crippen LogP contribution in [0.4, 0.5) is 38.0 Å². The maximum Gasteiger partial charge on any atom is 0.323 e. The lowest BCUT2D eigenvalue weighted by Gasteiger charge is -2.20. The predicted octanol–water partition coefficient (Wildman–Crippen LogP) is 5.16. The van der Waals surface area contributed by atoms with Crippen LogP contribution in [-0.2, 0) is 0 Å². The second-order valence-electron chi connectivity index (χ2n) is 6.66. The molecule has 30 heavy (non-hydrogen) atoms. The van der Waals surface area contributed by atoms with Crippen molar-refractivity contribution in [3.8, 4) is 0 Å². The highest BCUT2D eigenvalue weighted by molar-refractivity contribution is 5.99. The quantitative estimate of drug-likeness (QED) is 0.503. The number of carbonyl (C=O) groups excluding carboxylic acids is 1. The first-order valence-electron chi connectivity index (χ1n) is 9.78. The molecule has 0 unspecified atom stereocenters. The molecule has 3 N–H and O–H groups in total. The van der Waals surface area contributed by atoms with E-state index in [0.29, 0.717) is 17.3 Å². The molecule has 7 nitrogen and oxygen atoms in total. The molecular weight excluding hydrogens is 383 g/mol. The Morgan fingerprint density at radius 2 is 1.60 bits per heavy atom. The lowest BCUT2D eigenvalue weighted by atomic mass is 10.3. The maximum absolute atomic E-state index is 13.2. The molecule has 8 heteroatoms. The van der Waals surface area contributed by atoms with Crippen molar-refractivity contribution in [2.75, 3.05) is 33.9 Å². The van der Waals surface area contributed by atoms with E-state index in [9.17, 15) is 9.18 Å². The summed E-state index contributed by atoms with van der Waals surface area (Å²) in [6.07, 6.45) is 0. The minimum Gasteiger partial charge on any atom is -0.357 e. The first kappa shape index (κ1) is 21.0. The van der Waals surface area contributed by atoms with Gasteiger partial charge in [-0.05, 0) is 63.2 Å². The Morgan fingerprint density at radius 3 is 2.27 bits per heavy atom. The Morgan fingerprint density at radius 1 is 0.933 bits per heavy atom. The highest BCUT2D eigenvalue weighted by Crippen LogP contribution is 2.20. The largest absolute Gasteiger partial charge is 0.357 e. The zero-order valence-electron chi connectivity index (χ0n) is 17.2. The van der Waals surface area contributed by atoms with Crippen LogP contribution in [0.3, 0.4) is 0 Å². The van der Waals surface area contributed by atoms with Gasteiger partial charge < -0.3 is 20.9 Å². The fourth-order valence-electron chi connectivity index (χ4n) is 2.94. The zero-order valence-corrected chi connectivity index (χ0v) is 17.2. The van der Waals surface area contributed by atoms with Crippen LogP contribution in [0.15, 0.2) is 54.6 Å². The fraction of sp³-hybridized carbons (Fsp3) is 0.227. The molecule has 2 aromatic carbocycles. The predicted molar refractivity (Wildman–Crippen MR) is 119 cm³/mol. The number of carbonyl (C=O) groups is 1. The Labute approximate surface area is 175 Å². The molecule has 0 atom stereocenters. The third-order valence-corrected chi connectivity index (χ3v) is 4.41. The van der Waals surface area contributed by atoms with Crippen LogP contribution in [0.1, 0.15) is 19.5 Å². The number of benzene rings is 2. The Balaban J connectivity index is 1.64. The Bertz CT molecular complexity index is 1000. The van der Waals surface area contributed by atoms with Crippen molar-refractivity contribution in [1.29, 1.82) is 0 Å². The number of hydrogen-bond donors (Lipinski definition) is 3. The molecule has 0 aliphatic heterocycles. The summed E-state index contributed by atoms with van der Waals surface area (Å²) in [7, 11) is 0. The monoisotopic (exact) mass is 408 g/mol. The van der Waals surface area contributed by atoms with Gasteiger partial charge in [0.05, 0.1) is 0 Å². The average molecular weight is 408 g/mol. The summed E-state index contributed by atoms with van der Waals surface area (Å²) in [5.74, 6) is 0.981. The second-order valence-corrected chi connectivity index (χ2v) is 6.66. The van der Waals surface area contributed by atoms with Gasteiger partial charge in [-0.1, -0.05) is 6.07 Å². The lowest BCUT2D eigenvalue weighted by molar-refractivity contribution is 0.262. The Hall–Kier alpha value is -3.68. The molecule has 1 heterocycles. The fourth-order valence-corrected chi connectivity index (χ4v) is 2.94. The first-order chi connectivity index (χ1) is 14.5. The van der Waals surface area contributed by atoms with Crippen LogP contribution in [0.25, 0.3) is 0 Å². The SMILES string of the molecule is CCN(CC)c1cc(C)nc(Nc2ccc(NC(=O)Nc3cccc(F)c3)cc2)n1. The van der Waals surface area contributed by atoms with Crippen molar-refractivity contribution in [3.63, 3.8) is 0 Å². The van der Waals surface area contributed by atoms with Gasteiger partial charge in [0.25, 0.3) is 0 Å². The van der Waals surface area contributed by atoms with Crippen molar-refractivity contribution in [3.05, 3.63) is 66.1 Å². The summed E-state index contributed by atoms with van der Waals surface area (Å²) >= 11 is 0. The number of halogens is 1. The van der Waals surface area contributed by atoms with E-state index in [0.717, 1.165) is 30.3 Å². The van der Waals surface area contributed by atoms with E-state index < -0.39 is 11.8 Å². The van der Waals surface area contributed by atoms with E-state index in [4.69, 9.17) is 0 Å². The number of amides is 2. The van der Waals surface area contributed by atoms with Gasteiger partial charge in [-0.3, -0.25) is 0 Å². The second kappa shape index (κ2) is 9.69. The number of urea groups is 1. The molecule has 0 saturated carbocycles. The molecule has 0 fully saturated rings. The average Bonchev–Trinajstić information content (AvgIpc) is 2.70. The summed E-state index contributed by atoms with van der Waals surface area (Å²) in [6.45, 7) is 7.84. The van der Waals surface area contributed by atoms with Gasteiger partial charge in [-0.15, -0.1) is 0 Å². The van der Waals surface area contributed by atoms with Gasteiger partial charge in [0.2, 0.25) is 5.95 Å². The van der Waals surface area contributed by atoms with Crippen LogP contribution in [0.5, 0.6) is 0 Å². The number of aryl methyl sites for hydroxylation is 1. The minimum absolute atomic E-state index is 0.381. The molecule has 0 saturated heterocycles. The summed E-state index contributed by atoms with van der Waals surface area (Å²) in [5.41, 5.74) is 2.65. The molecule has 0 bridgehead atoms.